The average molecular weight is 332 g/mol. The van der Waals surface area contributed by atoms with Gasteiger partial charge in [0.25, 0.3) is 0 Å². The maximum absolute atomic E-state index is 12.3. The molecule has 0 aliphatic heterocycles. The van der Waals surface area contributed by atoms with Crippen LogP contribution in [0.5, 0.6) is 0 Å². The molecule has 8 heteroatoms. The van der Waals surface area contributed by atoms with Crippen molar-refractivity contribution in [1.29, 1.82) is 0 Å². The Bertz CT molecular complexity index is 453. The third-order valence-electron chi connectivity index (χ3n) is 3.44. The number of hydrogen-bond donors (Lipinski definition) is 4. The highest BCUT2D eigenvalue weighted by atomic mass is 16.6. The lowest BCUT2D eigenvalue weighted by molar-refractivity contribution is -0.146. The van der Waals surface area contributed by atoms with Gasteiger partial charge in [-0.05, 0) is 48.5 Å². The fraction of sp³-hybridized carbons (Fsp3) is 0.800. The van der Waals surface area contributed by atoms with Gasteiger partial charge in [0.05, 0.1) is 11.5 Å². The second kappa shape index (κ2) is 7.63. The van der Waals surface area contributed by atoms with Crippen molar-refractivity contribution in [3.63, 3.8) is 0 Å². The van der Waals surface area contributed by atoms with Crippen LogP contribution in [0.3, 0.4) is 0 Å². The molecule has 0 spiro atoms. The van der Waals surface area contributed by atoms with Crippen molar-refractivity contribution in [2.75, 3.05) is 0 Å². The van der Waals surface area contributed by atoms with E-state index in [1.807, 2.05) is 0 Å². The average Bonchev–Trinajstić information content (AvgIpc) is 2.31. The van der Waals surface area contributed by atoms with Crippen LogP contribution in [-0.4, -0.2) is 52.0 Å². The second-order valence-electron chi connectivity index (χ2n) is 7.12. The minimum Gasteiger partial charge on any atom is -0.480 e. The van der Waals surface area contributed by atoms with Crippen molar-refractivity contribution >= 4 is 18.0 Å². The Hall–Kier alpha value is -1.83. The molecule has 0 bridgehead atoms. The number of carbonyl (C=O) groups excluding carboxylic acids is 2. The first-order valence-electron chi connectivity index (χ1n) is 7.40. The van der Waals surface area contributed by atoms with Crippen LogP contribution in [-0.2, 0) is 14.3 Å². The summed E-state index contributed by atoms with van der Waals surface area (Å²) >= 11 is 0. The number of ether oxygens (including phenoxy) is 1. The first-order valence-corrected chi connectivity index (χ1v) is 7.40. The van der Waals surface area contributed by atoms with Crippen molar-refractivity contribution in [2.45, 2.75) is 72.3 Å². The normalized spacial score (nSPS) is 16.0. The summed E-state index contributed by atoms with van der Waals surface area (Å²) in [5.41, 5.74) is -1.78. The molecule has 0 saturated heterocycles. The molecule has 8 nitrogen and oxygen atoms in total. The first kappa shape index (κ1) is 21.2. The number of rotatable bonds is 6. The zero-order valence-electron chi connectivity index (χ0n) is 14.8. The molecular formula is C15H28N2O6. The maximum atomic E-state index is 12.3. The number of alkyl carbamates (subject to hydrolysis) is 1. The molecule has 0 aliphatic rings. The van der Waals surface area contributed by atoms with Gasteiger partial charge >= 0.3 is 12.1 Å². The van der Waals surface area contributed by atoms with E-state index in [2.05, 4.69) is 10.6 Å². The second-order valence-corrected chi connectivity index (χ2v) is 7.12. The third-order valence-corrected chi connectivity index (χ3v) is 3.44. The third kappa shape index (κ3) is 6.85. The van der Waals surface area contributed by atoms with E-state index in [0.29, 0.717) is 0 Å². The van der Waals surface area contributed by atoms with E-state index in [-0.39, 0.29) is 0 Å². The molecule has 0 heterocycles. The molecule has 23 heavy (non-hydrogen) atoms. The summed E-state index contributed by atoms with van der Waals surface area (Å²) < 4.78 is 5.12. The van der Waals surface area contributed by atoms with Crippen LogP contribution in [0, 0.1) is 5.41 Å². The van der Waals surface area contributed by atoms with E-state index in [4.69, 9.17) is 9.84 Å². The quantitative estimate of drug-likeness (QED) is 0.572. The molecule has 2 unspecified atom stereocenters. The van der Waals surface area contributed by atoms with Crippen molar-refractivity contribution in [1.82, 2.24) is 10.6 Å². The minimum atomic E-state index is -1.42. The van der Waals surface area contributed by atoms with Gasteiger partial charge in [0, 0.05) is 6.04 Å². The zero-order valence-corrected chi connectivity index (χ0v) is 14.8. The number of carboxylic acid groups (broad SMARTS) is 1. The van der Waals surface area contributed by atoms with Crippen LogP contribution in [0.4, 0.5) is 4.79 Å². The topological polar surface area (TPSA) is 125 Å². The number of amides is 2. The summed E-state index contributed by atoms with van der Waals surface area (Å²) in [4.78, 5) is 35.1. The van der Waals surface area contributed by atoms with Crippen molar-refractivity contribution in [3.05, 3.63) is 0 Å². The van der Waals surface area contributed by atoms with Gasteiger partial charge in [-0.1, -0.05) is 0 Å². The molecule has 0 radical (unpaired) electrons. The number of aliphatic carboxylic acids is 1. The van der Waals surface area contributed by atoms with Gasteiger partial charge in [-0.2, -0.15) is 0 Å². The molecule has 0 rings (SSSR count). The van der Waals surface area contributed by atoms with E-state index in [1.54, 1.807) is 41.5 Å². The predicted molar refractivity (Wildman–Crippen MR) is 83.9 cm³/mol. The molecule has 3 atom stereocenters. The van der Waals surface area contributed by atoms with Crippen LogP contribution >= 0.6 is 0 Å². The molecule has 0 fully saturated rings. The van der Waals surface area contributed by atoms with Crippen molar-refractivity contribution in [3.8, 4) is 0 Å². The lowest BCUT2D eigenvalue weighted by Gasteiger charge is -2.33. The van der Waals surface area contributed by atoms with Gasteiger partial charge in [-0.15, -0.1) is 0 Å². The fourth-order valence-electron chi connectivity index (χ4n) is 1.58. The van der Waals surface area contributed by atoms with Gasteiger partial charge < -0.3 is 25.6 Å². The van der Waals surface area contributed by atoms with E-state index in [9.17, 15) is 19.5 Å². The van der Waals surface area contributed by atoms with Gasteiger partial charge in [0.1, 0.15) is 5.60 Å². The van der Waals surface area contributed by atoms with E-state index in [1.165, 1.54) is 6.92 Å². The summed E-state index contributed by atoms with van der Waals surface area (Å²) in [6, 6.07) is -2.05. The Balaban J connectivity index is 4.91. The van der Waals surface area contributed by atoms with Crippen LogP contribution in [0.15, 0.2) is 0 Å². The number of aliphatic hydroxyl groups is 1. The standard InChI is InChI=1S/C15H28N2O6/c1-8(18)10(11(19)20)17-12(21)15(6,7)9(2)16-13(22)23-14(3,4)5/h8-10,18H,1-7H3,(H,16,22)(H,17,21)(H,19,20)/t8?,9-,10?/m1/s1. The summed E-state index contributed by atoms with van der Waals surface area (Å²) in [5.74, 6) is -1.94. The van der Waals surface area contributed by atoms with E-state index < -0.39 is 47.2 Å². The highest BCUT2D eigenvalue weighted by Crippen LogP contribution is 2.22. The van der Waals surface area contributed by atoms with Crippen LogP contribution in [0.1, 0.15) is 48.5 Å². The fourth-order valence-corrected chi connectivity index (χ4v) is 1.58. The Morgan fingerprint density at radius 3 is 1.83 bits per heavy atom. The Morgan fingerprint density at radius 2 is 1.48 bits per heavy atom. The molecule has 0 aromatic rings. The molecule has 4 N–H and O–H groups in total. The largest absolute Gasteiger partial charge is 0.480 e. The maximum Gasteiger partial charge on any atom is 0.407 e. The van der Waals surface area contributed by atoms with E-state index >= 15 is 0 Å². The number of carboxylic acids is 1. The van der Waals surface area contributed by atoms with Crippen molar-refractivity contribution < 1.29 is 29.3 Å². The van der Waals surface area contributed by atoms with Gasteiger partial charge in [0.15, 0.2) is 6.04 Å². The molecule has 0 aromatic heterocycles. The molecule has 0 aliphatic carbocycles. The highest BCUT2D eigenvalue weighted by Gasteiger charge is 2.38. The molecular weight excluding hydrogens is 304 g/mol. The number of carbonyl (C=O) groups is 3. The smallest absolute Gasteiger partial charge is 0.407 e. The predicted octanol–water partition coefficient (Wildman–Crippen LogP) is 0.876. The molecule has 134 valence electrons. The Morgan fingerprint density at radius 1 is 1.00 bits per heavy atom. The Labute approximate surface area is 136 Å². The highest BCUT2D eigenvalue weighted by molar-refractivity contribution is 5.88. The lowest BCUT2D eigenvalue weighted by atomic mass is 9.84. The van der Waals surface area contributed by atoms with Crippen LogP contribution in [0.2, 0.25) is 0 Å². The summed E-state index contributed by atoms with van der Waals surface area (Å²) in [6.45, 7) is 11.2. The van der Waals surface area contributed by atoms with E-state index in [0.717, 1.165) is 0 Å². The SMILES string of the molecule is CC(O)C(NC(=O)C(C)(C)[C@@H](C)NC(=O)OC(C)(C)C)C(=O)O. The van der Waals surface area contributed by atoms with Gasteiger partial charge in [0.2, 0.25) is 5.91 Å². The Kier molecular flexibility index (Phi) is 7.02. The molecule has 2 amide bonds. The van der Waals surface area contributed by atoms with Crippen LogP contribution in [0.25, 0.3) is 0 Å². The number of hydrogen-bond acceptors (Lipinski definition) is 5. The summed E-state index contributed by atoms with van der Waals surface area (Å²) in [5, 5.41) is 23.3. The zero-order chi connectivity index (χ0) is 18.6. The number of nitrogens with one attached hydrogen (secondary N) is 2. The minimum absolute atomic E-state index is 0.602. The summed E-state index contributed by atoms with van der Waals surface area (Å²) in [6.07, 6.45) is -1.92. The number of aliphatic hydroxyl groups excluding tert-OH is 1. The molecule has 0 aromatic carbocycles. The summed E-state index contributed by atoms with van der Waals surface area (Å²) in [7, 11) is 0. The van der Waals surface area contributed by atoms with Crippen LogP contribution < -0.4 is 10.6 Å². The monoisotopic (exact) mass is 332 g/mol. The lowest BCUT2D eigenvalue weighted by Crippen LogP contribution is -2.56. The van der Waals surface area contributed by atoms with Gasteiger partial charge in [-0.25, -0.2) is 9.59 Å². The van der Waals surface area contributed by atoms with Gasteiger partial charge in [-0.3, -0.25) is 4.79 Å². The molecule has 0 saturated carbocycles. The van der Waals surface area contributed by atoms with Crippen molar-refractivity contribution in [2.24, 2.45) is 5.41 Å². The first-order chi connectivity index (χ1) is 10.2.